The van der Waals surface area contributed by atoms with Crippen LogP contribution in [0.1, 0.15) is 31.1 Å². The van der Waals surface area contributed by atoms with Crippen molar-refractivity contribution in [3.8, 4) is 11.3 Å². The molecule has 0 saturated heterocycles. The molecule has 0 atom stereocenters. The number of carbonyl (C=O) groups is 3. The van der Waals surface area contributed by atoms with Crippen LogP contribution in [-0.2, 0) is 16.1 Å². The van der Waals surface area contributed by atoms with Gasteiger partial charge in [-0.15, -0.1) is 0 Å². The van der Waals surface area contributed by atoms with Gasteiger partial charge < -0.3 is 16.0 Å². The smallest absolute Gasteiger partial charge is 0.267 e. The number of hydrogen-bond acceptors (Lipinski definition) is 5. The first-order valence-electron chi connectivity index (χ1n) is 11.3. The Kier molecular flexibility index (Phi) is 8.31. The summed E-state index contributed by atoms with van der Waals surface area (Å²) in [6, 6.07) is 14.9. The third-order valence-electron chi connectivity index (χ3n) is 5.12. The molecular weight excluding hydrogens is 465 g/mol. The Hall–Kier alpha value is -4.34. The second kappa shape index (κ2) is 11.4. The van der Waals surface area contributed by atoms with Crippen molar-refractivity contribution in [2.45, 2.75) is 27.3 Å². The van der Waals surface area contributed by atoms with E-state index >= 15 is 0 Å². The van der Waals surface area contributed by atoms with Gasteiger partial charge in [0.05, 0.1) is 5.69 Å². The van der Waals surface area contributed by atoms with Crippen LogP contribution in [0.5, 0.6) is 0 Å². The standard InChI is InChI=1S/C26H28FN5O4/c1-26(2,3)25(36)30-20-10-6-18(7-11-20)24(35)29-15-14-28-22(33)16-32-23(34)13-12-21(31-32)17-4-8-19(27)9-5-17/h4-13H,14-16H2,1-3H3,(H,28,33)(H,29,35)(H,30,36). The summed E-state index contributed by atoms with van der Waals surface area (Å²) < 4.78 is 14.2. The molecule has 2 aromatic carbocycles. The van der Waals surface area contributed by atoms with Gasteiger partial charge in [0, 0.05) is 41.4 Å². The van der Waals surface area contributed by atoms with E-state index in [1.54, 1.807) is 24.3 Å². The third kappa shape index (κ3) is 7.33. The molecule has 0 unspecified atom stereocenters. The maximum atomic E-state index is 13.1. The minimum atomic E-state index is -0.532. The van der Waals surface area contributed by atoms with Gasteiger partial charge in [-0.25, -0.2) is 9.07 Å². The van der Waals surface area contributed by atoms with Crippen LogP contribution >= 0.6 is 0 Å². The average Bonchev–Trinajstić information content (AvgIpc) is 2.83. The Balaban J connectivity index is 1.46. The van der Waals surface area contributed by atoms with Crippen molar-refractivity contribution in [1.29, 1.82) is 0 Å². The molecule has 1 heterocycles. The molecule has 3 amide bonds. The Morgan fingerprint density at radius 3 is 2.17 bits per heavy atom. The molecule has 0 spiro atoms. The second-order valence-electron chi connectivity index (χ2n) is 9.11. The van der Waals surface area contributed by atoms with Crippen LogP contribution in [-0.4, -0.2) is 40.6 Å². The van der Waals surface area contributed by atoms with Crippen molar-refractivity contribution in [3.05, 3.63) is 82.4 Å². The zero-order valence-electron chi connectivity index (χ0n) is 20.3. The van der Waals surface area contributed by atoms with Crippen LogP contribution in [0.3, 0.4) is 0 Å². The molecule has 188 valence electrons. The predicted molar refractivity (Wildman–Crippen MR) is 134 cm³/mol. The summed E-state index contributed by atoms with van der Waals surface area (Å²) in [5.74, 6) is -1.30. The van der Waals surface area contributed by atoms with E-state index in [9.17, 15) is 23.6 Å². The first kappa shape index (κ1) is 26.3. The highest BCUT2D eigenvalue weighted by atomic mass is 19.1. The lowest BCUT2D eigenvalue weighted by atomic mass is 9.95. The van der Waals surface area contributed by atoms with Gasteiger partial charge in [0.15, 0.2) is 0 Å². The zero-order valence-corrected chi connectivity index (χ0v) is 20.3. The summed E-state index contributed by atoms with van der Waals surface area (Å²) >= 11 is 0. The fraction of sp³-hybridized carbons (Fsp3) is 0.269. The fourth-order valence-corrected chi connectivity index (χ4v) is 3.03. The van der Waals surface area contributed by atoms with E-state index in [-0.39, 0.29) is 37.3 Å². The summed E-state index contributed by atoms with van der Waals surface area (Å²) in [5.41, 5.74) is 1.05. The first-order chi connectivity index (χ1) is 17.0. The lowest BCUT2D eigenvalue weighted by Crippen LogP contribution is -2.38. The SMILES string of the molecule is CC(C)(C)C(=O)Nc1ccc(C(=O)NCCNC(=O)Cn2nc(-c3ccc(F)cc3)ccc2=O)cc1. The Morgan fingerprint density at radius 2 is 1.53 bits per heavy atom. The number of rotatable bonds is 8. The number of benzene rings is 2. The van der Waals surface area contributed by atoms with Crippen molar-refractivity contribution in [2.75, 3.05) is 18.4 Å². The summed E-state index contributed by atoms with van der Waals surface area (Å²) in [4.78, 5) is 48.7. The number of hydrogen-bond donors (Lipinski definition) is 3. The van der Waals surface area contributed by atoms with E-state index in [1.807, 2.05) is 20.8 Å². The fourth-order valence-electron chi connectivity index (χ4n) is 3.03. The molecule has 0 bridgehead atoms. The van der Waals surface area contributed by atoms with Gasteiger partial charge in [-0.1, -0.05) is 20.8 Å². The highest BCUT2D eigenvalue weighted by Gasteiger charge is 2.21. The summed E-state index contributed by atoms with van der Waals surface area (Å²) in [7, 11) is 0. The maximum absolute atomic E-state index is 13.1. The van der Waals surface area contributed by atoms with Gasteiger partial charge >= 0.3 is 0 Å². The minimum Gasteiger partial charge on any atom is -0.353 e. The van der Waals surface area contributed by atoms with Crippen molar-refractivity contribution in [3.63, 3.8) is 0 Å². The maximum Gasteiger partial charge on any atom is 0.267 e. The molecule has 0 saturated carbocycles. The normalized spacial score (nSPS) is 11.0. The summed E-state index contributed by atoms with van der Waals surface area (Å²) in [6.45, 7) is 5.44. The number of nitrogens with zero attached hydrogens (tertiary/aromatic N) is 2. The van der Waals surface area contributed by atoms with Crippen LogP contribution in [0, 0.1) is 11.2 Å². The van der Waals surface area contributed by atoms with E-state index in [1.165, 1.54) is 36.4 Å². The molecular formula is C26H28FN5O4. The molecule has 3 N–H and O–H groups in total. The minimum absolute atomic E-state index is 0.130. The lowest BCUT2D eigenvalue weighted by Gasteiger charge is -2.17. The van der Waals surface area contributed by atoms with E-state index in [0.717, 1.165) is 4.68 Å². The third-order valence-corrected chi connectivity index (χ3v) is 5.12. The van der Waals surface area contributed by atoms with E-state index in [4.69, 9.17) is 0 Å². The Morgan fingerprint density at radius 1 is 0.889 bits per heavy atom. The van der Waals surface area contributed by atoms with Gasteiger partial charge in [0.25, 0.3) is 11.5 Å². The number of carbonyl (C=O) groups excluding carboxylic acids is 3. The topological polar surface area (TPSA) is 122 Å². The van der Waals surface area contributed by atoms with Crippen LogP contribution < -0.4 is 21.5 Å². The van der Waals surface area contributed by atoms with Crippen molar-refractivity contribution < 1.29 is 18.8 Å². The van der Waals surface area contributed by atoms with Gasteiger partial charge in [-0.05, 0) is 54.6 Å². The highest BCUT2D eigenvalue weighted by Crippen LogP contribution is 2.18. The quantitative estimate of drug-likeness (QED) is 0.417. The lowest BCUT2D eigenvalue weighted by molar-refractivity contribution is -0.123. The van der Waals surface area contributed by atoms with Crippen LogP contribution in [0.15, 0.2) is 65.5 Å². The number of aromatic nitrogens is 2. The Labute approximate surface area is 207 Å². The van der Waals surface area contributed by atoms with Crippen LogP contribution in [0.2, 0.25) is 0 Å². The molecule has 0 aliphatic rings. The number of halogens is 1. The molecule has 36 heavy (non-hydrogen) atoms. The largest absolute Gasteiger partial charge is 0.353 e. The van der Waals surface area contributed by atoms with Gasteiger partial charge in [0.1, 0.15) is 12.4 Å². The molecule has 1 aromatic heterocycles. The van der Waals surface area contributed by atoms with E-state index < -0.39 is 16.9 Å². The van der Waals surface area contributed by atoms with Crippen molar-refractivity contribution in [2.24, 2.45) is 5.41 Å². The number of amides is 3. The molecule has 0 radical (unpaired) electrons. The van der Waals surface area contributed by atoms with Crippen molar-refractivity contribution >= 4 is 23.4 Å². The summed E-state index contributed by atoms with van der Waals surface area (Å²) in [6.07, 6.45) is 0. The predicted octanol–water partition coefficient (Wildman–Crippen LogP) is 2.58. The zero-order chi connectivity index (χ0) is 26.3. The molecule has 0 aliphatic heterocycles. The first-order valence-corrected chi connectivity index (χ1v) is 11.3. The van der Waals surface area contributed by atoms with Gasteiger partial charge in [0.2, 0.25) is 11.8 Å². The van der Waals surface area contributed by atoms with Crippen molar-refractivity contribution in [1.82, 2.24) is 20.4 Å². The number of anilines is 1. The molecule has 3 rings (SSSR count). The van der Waals surface area contributed by atoms with Gasteiger partial charge in [-0.3, -0.25) is 19.2 Å². The number of nitrogens with one attached hydrogen (secondary N) is 3. The van der Waals surface area contributed by atoms with Crippen LogP contribution in [0.4, 0.5) is 10.1 Å². The van der Waals surface area contributed by atoms with Gasteiger partial charge in [-0.2, -0.15) is 5.10 Å². The van der Waals surface area contributed by atoms with E-state index in [0.29, 0.717) is 22.5 Å². The monoisotopic (exact) mass is 493 g/mol. The molecule has 10 heteroatoms. The van der Waals surface area contributed by atoms with E-state index in [2.05, 4.69) is 21.0 Å². The molecule has 3 aromatic rings. The molecule has 9 nitrogen and oxygen atoms in total. The molecule has 0 aliphatic carbocycles. The summed E-state index contributed by atoms with van der Waals surface area (Å²) in [5, 5.41) is 12.3. The average molecular weight is 494 g/mol. The van der Waals surface area contributed by atoms with Crippen LogP contribution in [0.25, 0.3) is 11.3 Å². The second-order valence-corrected chi connectivity index (χ2v) is 9.11. The Bertz CT molecular complexity index is 1300. The highest BCUT2D eigenvalue weighted by molar-refractivity contribution is 5.97. The molecule has 0 fully saturated rings.